The molecule has 0 atom stereocenters. The maximum atomic E-state index is 2.37. The van der Waals surface area contributed by atoms with Gasteiger partial charge >= 0.3 is 0 Å². The van der Waals surface area contributed by atoms with Crippen LogP contribution in [0, 0.1) is 0 Å². The molecule has 6 aromatic rings. The zero-order valence-electron chi connectivity index (χ0n) is 15.4. The summed E-state index contributed by atoms with van der Waals surface area (Å²) < 4.78 is 0. The molecule has 130 valence electrons. The fourth-order valence-corrected chi connectivity index (χ4v) is 4.48. The Balaban J connectivity index is 1.77. The van der Waals surface area contributed by atoms with Gasteiger partial charge in [-0.2, -0.15) is 0 Å². The van der Waals surface area contributed by atoms with Crippen LogP contribution >= 0.6 is 0 Å². The van der Waals surface area contributed by atoms with Crippen LogP contribution in [0.3, 0.4) is 0 Å². The van der Waals surface area contributed by atoms with Gasteiger partial charge in [-0.15, -0.1) is 0 Å². The lowest BCUT2D eigenvalue weighted by molar-refractivity contribution is 1.71. The summed E-state index contributed by atoms with van der Waals surface area (Å²) >= 11 is 0. The summed E-state index contributed by atoms with van der Waals surface area (Å²) in [5.41, 5.74) is 2.60. The highest BCUT2D eigenvalue weighted by Gasteiger charge is 2.11. The second-order valence-corrected chi connectivity index (χ2v) is 7.42. The molecule has 0 spiro atoms. The van der Waals surface area contributed by atoms with Crippen LogP contribution in [-0.4, -0.2) is 0 Å². The fourth-order valence-electron chi connectivity index (χ4n) is 4.48. The molecule has 6 rings (SSSR count). The Kier molecular flexibility index (Phi) is 3.27. The van der Waals surface area contributed by atoms with E-state index in [-0.39, 0.29) is 0 Å². The van der Waals surface area contributed by atoms with Crippen LogP contribution in [0.15, 0.2) is 109 Å². The van der Waals surface area contributed by atoms with Gasteiger partial charge in [-0.1, -0.05) is 97.1 Å². The molecule has 0 aromatic heterocycles. The standard InChI is InChI=1S/C28H18/c1-4-10-24-19(7-1)13-14-20-15-16-23(18-27(20)24)28-25-11-5-2-8-21(25)17-22-9-3-6-12-26(22)28/h1-18H. The van der Waals surface area contributed by atoms with Crippen LogP contribution in [0.5, 0.6) is 0 Å². The van der Waals surface area contributed by atoms with Gasteiger partial charge < -0.3 is 0 Å². The smallest absolute Gasteiger partial charge is 0.00266 e. The SMILES string of the molecule is c1ccc2c(-c3ccc4ccc5ccccc5c4c3)c3ccccc3cc2c1. The first-order valence-corrected chi connectivity index (χ1v) is 9.71. The predicted octanol–water partition coefficient (Wildman–Crippen LogP) is 7.97. The Bertz CT molecular complexity index is 1450. The number of fused-ring (bicyclic) bond motifs is 5. The Labute approximate surface area is 163 Å². The molecule has 0 bridgehead atoms. The third-order valence-electron chi connectivity index (χ3n) is 5.81. The van der Waals surface area contributed by atoms with Gasteiger partial charge in [0.15, 0.2) is 0 Å². The second-order valence-electron chi connectivity index (χ2n) is 7.42. The molecule has 0 saturated heterocycles. The van der Waals surface area contributed by atoms with Gasteiger partial charge in [0.05, 0.1) is 0 Å². The molecule has 0 aliphatic carbocycles. The Morgan fingerprint density at radius 3 is 1.50 bits per heavy atom. The molecule has 6 aromatic carbocycles. The minimum Gasteiger partial charge on any atom is -0.0616 e. The van der Waals surface area contributed by atoms with Crippen molar-refractivity contribution in [2.24, 2.45) is 0 Å². The van der Waals surface area contributed by atoms with Crippen LogP contribution in [0.1, 0.15) is 0 Å². The molecule has 0 heteroatoms. The van der Waals surface area contributed by atoms with Crippen molar-refractivity contribution in [1.29, 1.82) is 0 Å². The van der Waals surface area contributed by atoms with Crippen molar-refractivity contribution in [3.63, 3.8) is 0 Å². The zero-order valence-corrected chi connectivity index (χ0v) is 15.4. The molecule has 0 radical (unpaired) electrons. The van der Waals surface area contributed by atoms with Crippen molar-refractivity contribution in [2.45, 2.75) is 0 Å². The first-order chi connectivity index (χ1) is 13.9. The fraction of sp³-hybridized carbons (Fsp3) is 0. The van der Waals surface area contributed by atoms with Gasteiger partial charge in [-0.05, 0) is 66.3 Å². The highest BCUT2D eigenvalue weighted by molar-refractivity contribution is 6.15. The molecule has 0 aliphatic heterocycles. The normalized spacial score (nSPS) is 11.6. The minimum absolute atomic E-state index is 1.27. The summed E-state index contributed by atoms with van der Waals surface area (Å²) in [6.45, 7) is 0. The van der Waals surface area contributed by atoms with Gasteiger partial charge in [0.1, 0.15) is 0 Å². The third kappa shape index (κ3) is 2.25. The maximum absolute atomic E-state index is 2.37. The molecule has 0 fully saturated rings. The van der Waals surface area contributed by atoms with E-state index in [0.29, 0.717) is 0 Å². The summed E-state index contributed by atoms with van der Waals surface area (Å²) in [4.78, 5) is 0. The lowest BCUT2D eigenvalue weighted by Gasteiger charge is -2.13. The van der Waals surface area contributed by atoms with E-state index in [9.17, 15) is 0 Å². The van der Waals surface area contributed by atoms with E-state index in [0.717, 1.165) is 0 Å². The van der Waals surface area contributed by atoms with Crippen molar-refractivity contribution in [3.8, 4) is 11.1 Å². The average molecular weight is 354 g/mol. The second kappa shape index (κ2) is 5.94. The van der Waals surface area contributed by atoms with Crippen LogP contribution in [0.4, 0.5) is 0 Å². The molecular weight excluding hydrogens is 336 g/mol. The van der Waals surface area contributed by atoms with E-state index in [4.69, 9.17) is 0 Å². The van der Waals surface area contributed by atoms with Gasteiger partial charge in [-0.3, -0.25) is 0 Å². The number of hydrogen-bond donors (Lipinski definition) is 0. The van der Waals surface area contributed by atoms with Crippen LogP contribution in [-0.2, 0) is 0 Å². The zero-order chi connectivity index (χ0) is 18.5. The number of hydrogen-bond acceptors (Lipinski definition) is 0. The van der Waals surface area contributed by atoms with Crippen LogP contribution in [0.25, 0.3) is 54.2 Å². The predicted molar refractivity (Wildman–Crippen MR) is 122 cm³/mol. The van der Waals surface area contributed by atoms with Crippen molar-refractivity contribution >= 4 is 43.1 Å². The average Bonchev–Trinajstić information content (AvgIpc) is 2.77. The quantitative estimate of drug-likeness (QED) is 0.207. The Hall–Kier alpha value is -3.64. The van der Waals surface area contributed by atoms with Crippen molar-refractivity contribution in [3.05, 3.63) is 109 Å². The van der Waals surface area contributed by atoms with Gasteiger partial charge in [0.2, 0.25) is 0 Å². The molecule has 0 saturated carbocycles. The third-order valence-corrected chi connectivity index (χ3v) is 5.81. The van der Waals surface area contributed by atoms with E-state index in [1.807, 2.05) is 0 Å². The van der Waals surface area contributed by atoms with Crippen molar-refractivity contribution < 1.29 is 0 Å². The molecule has 0 aliphatic rings. The first kappa shape index (κ1) is 15.4. The van der Waals surface area contributed by atoms with Crippen molar-refractivity contribution in [2.75, 3.05) is 0 Å². The van der Waals surface area contributed by atoms with Crippen LogP contribution in [0.2, 0.25) is 0 Å². The summed E-state index contributed by atoms with van der Waals surface area (Å²) in [5, 5.41) is 10.4. The van der Waals surface area contributed by atoms with Crippen LogP contribution < -0.4 is 0 Å². The molecule has 0 unspecified atom stereocenters. The van der Waals surface area contributed by atoms with E-state index < -0.39 is 0 Å². The van der Waals surface area contributed by atoms with E-state index in [2.05, 4.69) is 109 Å². The first-order valence-electron chi connectivity index (χ1n) is 9.71. The number of rotatable bonds is 1. The molecule has 0 heterocycles. The maximum Gasteiger partial charge on any atom is -0.00266 e. The molecular formula is C28H18. The molecule has 0 nitrogen and oxygen atoms in total. The van der Waals surface area contributed by atoms with E-state index >= 15 is 0 Å². The summed E-state index contributed by atoms with van der Waals surface area (Å²) in [6, 6.07) is 39.7. The highest BCUT2D eigenvalue weighted by Crippen LogP contribution is 2.38. The largest absolute Gasteiger partial charge is 0.0616 e. The van der Waals surface area contributed by atoms with Gasteiger partial charge in [0, 0.05) is 0 Å². The summed E-state index contributed by atoms with van der Waals surface area (Å²) in [6.07, 6.45) is 0. The van der Waals surface area contributed by atoms with Crippen molar-refractivity contribution in [1.82, 2.24) is 0 Å². The lowest BCUT2D eigenvalue weighted by atomic mass is 9.90. The summed E-state index contributed by atoms with van der Waals surface area (Å²) in [5.74, 6) is 0. The van der Waals surface area contributed by atoms with E-state index in [1.165, 1.54) is 54.2 Å². The molecule has 28 heavy (non-hydrogen) atoms. The monoisotopic (exact) mass is 354 g/mol. The highest BCUT2D eigenvalue weighted by atomic mass is 14.1. The Morgan fingerprint density at radius 2 is 0.821 bits per heavy atom. The van der Waals surface area contributed by atoms with Gasteiger partial charge in [-0.25, -0.2) is 0 Å². The van der Waals surface area contributed by atoms with E-state index in [1.54, 1.807) is 0 Å². The summed E-state index contributed by atoms with van der Waals surface area (Å²) in [7, 11) is 0. The minimum atomic E-state index is 1.27. The number of benzene rings is 6. The lowest BCUT2D eigenvalue weighted by Crippen LogP contribution is -1.86. The molecule has 0 amide bonds. The topological polar surface area (TPSA) is 0 Å². The van der Waals surface area contributed by atoms with Gasteiger partial charge in [0.25, 0.3) is 0 Å². The Morgan fingerprint density at radius 1 is 0.321 bits per heavy atom. The molecule has 0 N–H and O–H groups in total.